The first-order valence-electron chi connectivity index (χ1n) is 2.99. The fourth-order valence-electron chi connectivity index (χ4n) is 0.676. The Hall–Kier alpha value is -1.98. The largest absolute Gasteiger partial charge is 0.397 e. The predicted octanol–water partition coefficient (Wildman–Crippen LogP) is 0.502. The van der Waals surface area contributed by atoms with Crippen LogP contribution >= 0.6 is 0 Å². The maximum absolute atomic E-state index is 10.8. The summed E-state index contributed by atoms with van der Waals surface area (Å²) in [6.45, 7) is 0. The Balaban J connectivity index is 2.94. The van der Waals surface area contributed by atoms with Crippen molar-refractivity contribution in [2.75, 3.05) is 5.73 Å². The number of nitrogens with zero attached hydrogens (tertiary/aromatic N) is 2. The standard InChI is InChI=1S/C6H5N3O3/c7-5-3-8-2-1-4(5)6(10)12-9-11/h1-3H,7H2. The van der Waals surface area contributed by atoms with Gasteiger partial charge < -0.3 is 5.73 Å². The minimum Gasteiger partial charge on any atom is -0.397 e. The molecule has 0 saturated carbocycles. The fraction of sp³-hybridized carbons (Fsp3) is 0. The summed E-state index contributed by atoms with van der Waals surface area (Å²) < 4.78 is 0. The first-order chi connectivity index (χ1) is 5.75. The Bertz CT molecular complexity index is 313. The van der Waals surface area contributed by atoms with Crippen LogP contribution in [0.25, 0.3) is 0 Å². The van der Waals surface area contributed by atoms with E-state index >= 15 is 0 Å². The van der Waals surface area contributed by atoms with Crippen molar-refractivity contribution in [1.82, 2.24) is 4.98 Å². The Morgan fingerprint density at radius 1 is 1.67 bits per heavy atom. The van der Waals surface area contributed by atoms with E-state index in [-0.39, 0.29) is 11.3 Å². The molecule has 0 radical (unpaired) electrons. The number of anilines is 1. The summed E-state index contributed by atoms with van der Waals surface area (Å²) in [6.07, 6.45) is 2.64. The summed E-state index contributed by atoms with van der Waals surface area (Å²) in [7, 11) is 0. The number of hydrogen-bond donors (Lipinski definition) is 1. The Morgan fingerprint density at radius 2 is 2.42 bits per heavy atom. The van der Waals surface area contributed by atoms with Gasteiger partial charge in [-0.15, -0.1) is 4.91 Å². The molecule has 0 aliphatic carbocycles. The lowest BCUT2D eigenvalue weighted by Crippen LogP contribution is -2.04. The van der Waals surface area contributed by atoms with E-state index in [0.717, 1.165) is 0 Å². The van der Waals surface area contributed by atoms with Crippen molar-refractivity contribution in [3.8, 4) is 0 Å². The van der Waals surface area contributed by atoms with Crippen LogP contribution in [0.4, 0.5) is 5.69 Å². The highest BCUT2D eigenvalue weighted by molar-refractivity contribution is 5.94. The number of nitrogen functional groups attached to an aromatic ring is 1. The molecule has 62 valence electrons. The number of hydrogen-bond acceptors (Lipinski definition) is 6. The monoisotopic (exact) mass is 167 g/mol. The molecule has 0 amide bonds. The maximum Gasteiger partial charge on any atom is 0.371 e. The van der Waals surface area contributed by atoms with Gasteiger partial charge in [0.2, 0.25) is 0 Å². The molecule has 0 bridgehead atoms. The van der Waals surface area contributed by atoms with Crippen molar-refractivity contribution in [3.63, 3.8) is 0 Å². The molecule has 0 aromatic carbocycles. The molecule has 6 nitrogen and oxygen atoms in total. The molecular weight excluding hydrogens is 162 g/mol. The van der Waals surface area contributed by atoms with Crippen LogP contribution < -0.4 is 5.73 Å². The molecule has 0 aliphatic rings. The van der Waals surface area contributed by atoms with Crippen LogP contribution in [-0.2, 0) is 4.84 Å². The third-order valence-corrected chi connectivity index (χ3v) is 1.19. The van der Waals surface area contributed by atoms with Crippen molar-refractivity contribution in [2.24, 2.45) is 5.34 Å². The van der Waals surface area contributed by atoms with Crippen molar-refractivity contribution in [3.05, 3.63) is 28.9 Å². The molecule has 0 saturated heterocycles. The second kappa shape index (κ2) is 3.42. The van der Waals surface area contributed by atoms with Gasteiger partial charge in [0.25, 0.3) is 0 Å². The Labute approximate surface area is 67.3 Å². The molecule has 12 heavy (non-hydrogen) atoms. The molecule has 0 spiro atoms. The van der Waals surface area contributed by atoms with Gasteiger partial charge in [0.15, 0.2) is 5.34 Å². The van der Waals surface area contributed by atoms with Gasteiger partial charge in [0, 0.05) is 6.20 Å². The fourth-order valence-corrected chi connectivity index (χ4v) is 0.676. The molecule has 1 heterocycles. The van der Waals surface area contributed by atoms with E-state index in [2.05, 4.69) is 9.82 Å². The SMILES string of the molecule is Nc1cnccc1C(=O)ON=O. The predicted molar refractivity (Wildman–Crippen MR) is 39.9 cm³/mol. The molecule has 0 aliphatic heterocycles. The third kappa shape index (κ3) is 1.54. The molecule has 0 atom stereocenters. The first-order valence-corrected chi connectivity index (χ1v) is 2.99. The Morgan fingerprint density at radius 3 is 3.00 bits per heavy atom. The van der Waals surface area contributed by atoms with Crippen molar-refractivity contribution in [1.29, 1.82) is 0 Å². The van der Waals surface area contributed by atoms with Gasteiger partial charge >= 0.3 is 5.97 Å². The highest BCUT2D eigenvalue weighted by atomic mass is 16.7. The molecule has 1 aromatic heterocycles. The molecule has 1 rings (SSSR count). The van der Waals surface area contributed by atoms with Gasteiger partial charge in [0.05, 0.1) is 17.4 Å². The van der Waals surface area contributed by atoms with E-state index in [1.54, 1.807) is 0 Å². The van der Waals surface area contributed by atoms with Crippen LogP contribution in [0, 0.1) is 4.91 Å². The Kier molecular flexibility index (Phi) is 2.32. The van der Waals surface area contributed by atoms with E-state index in [4.69, 9.17) is 5.73 Å². The molecule has 0 unspecified atom stereocenters. The van der Waals surface area contributed by atoms with Crippen LogP contribution in [0.15, 0.2) is 23.8 Å². The molecule has 0 fully saturated rings. The van der Waals surface area contributed by atoms with Gasteiger partial charge in [-0.05, 0) is 6.07 Å². The number of carbonyl (C=O) groups is 1. The van der Waals surface area contributed by atoms with Crippen LogP contribution in [0.2, 0.25) is 0 Å². The van der Waals surface area contributed by atoms with Crippen molar-refractivity contribution >= 4 is 11.7 Å². The molecule has 6 heteroatoms. The van der Waals surface area contributed by atoms with Crippen LogP contribution in [0.5, 0.6) is 0 Å². The maximum atomic E-state index is 10.8. The summed E-state index contributed by atoms with van der Waals surface area (Å²) in [4.78, 5) is 27.9. The van der Waals surface area contributed by atoms with E-state index in [0.29, 0.717) is 0 Å². The van der Waals surface area contributed by atoms with Crippen LogP contribution in [0.1, 0.15) is 10.4 Å². The lowest BCUT2D eigenvalue weighted by Gasteiger charge is -1.97. The van der Waals surface area contributed by atoms with E-state index in [1.807, 2.05) is 5.34 Å². The average Bonchev–Trinajstić information content (AvgIpc) is 2.05. The summed E-state index contributed by atoms with van der Waals surface area (Å²) >= 11 is 0. The van der Waals surface area contributed by atoms with Crippen molar-refractivity contribution in [2.45, 2.75) is 0 Å². The number of aromatic nitrogens is 1. The average molecular weight is 167 g/mol. The zero-order valence-electron chi connectivity index (χ0n) is 5.93. The van der Waals surface area contributed by atoms with Crippen LogP contribution in [0.3, 0.4) is 0 Å². The highest BCUT2D eigenvalue weighted by Gasteiger charge is 2.10. The summed E-state index contributed by atoms with van der Waals surface area (Å²) in [5, 5.41) is 1.98. The number of pyridine rings is 1. The minimum atomic E-state index is -0.884. The normalized spacial score (nSPS) is 9.00. The highest BCUT2D eigenvalue weighted by Crippen LogP contribution is 2.09. The number of rotatable bonds is 2. The van der Waals surface area contributed by atoms with Gasteiger partial charge in [-0.3, -0.25) is 9.82 Å². The minimum absolute atomic E-state index is 0.0737. The number of carbonyl (C=O) groups excluding carboxylic acids is 1. The third-order valence-electron chi connectivity index (χ3n) is 1.19. The lowest BCUT2D eigenvalue weighted by molar-refractivity contribution is 0.0509. The van der Waals surface area contributed by atoms with Gasteiger partial charge in [-0.2, -0.15) is 0 Å². The lowest BCUT2D eigenvalue weighted by atomic mass is 10.2. The molecular formula is C6H5N3O3. The quantitative estimate of drug-likeness (QED) is 0.511. The smallest absolute Gasteiger partial charge is 0.371 e. The summed E-state index contributed by atoms with van der Waals surface area (Å²) in [6, 6.07) is 1.34. The topological polar surface area (TPSA) is 94.6 Å². The zero-order chi connectivity index (χ0) is 8.97. The van der Waals surface area contributed by atoms with E-state index in [9.17, 15) is 9.70 Å². The van der Waals surface area contributed by atoms with Crippen LogP contribution in [-0.4, -0.2) is 11.0 Å². The van der Waals surface area contributed by atoms with E-state index in [1.165, 1.54) is 18.5 Å². The van der Waals surface area contributed by atoms with E-state index < -0.39 is 5.97 Å². The number of nitrogens with two attached hydrogens (primary N) is 1. The summed E-state index contributed by atoms with van der Waals surface area (Å²) in [5.74, 6) is -0.884. The molecule has 1 aromatic rings. The van der Waals surface area contributed by atoms with Crippen molar-refractivity contribution < 1.29 is 9.63 Å². The van der Waals surface area contributed by atoms with Gasteiger partial charge in [0.1, 0.15) is 0 Å². The zero-order valence-corrected chi connectivity index (χ0v) is 5.93. The van der Waals surface area contributed by atoms with Gasteiger partial charge in [-0.25, -0.2) is 4.79 Å². The first kappa shape index (κ1) is 8.12. The second-order valence-electron chi connectivity index (χ2n) is 1.92. The molecule has 2 N–H and O–H groups in total. The second-order valence-corrected chi connectivity index (χ2v) is 1.92. The summed E-state index contributed by atoms with van der Waals surface area (Å²) in [5.41, 5.74) is 5.56. The van der Waals surface area contributed by atoms with Gasteiger partial charge in [-0.1, -0.05) is 0 Å².